The van der Waals surface area contributed by atoms with Gasteiger partial charge in [-0.3, -0.25) is 0 Å². The summed E-state index contributed by atoms with van der Waals surface area (Å²) in [4.78, 5) is 5.00. The van der Waals surface area contributed by atoms with E-state index in [1.165, 1.54) is 43.8 Å². The molecule has 6 nitrogen and oxygen atoms in total. The van der Waals surface area contributed by atoms with Crippen molar-refractivity contribution in [3.8, 4) is 45.0 Å². The Morgan fingerprint density at radius 1 is 0.231 bits per heavy atom. The Bertz CT molecular complexity index is 7570. The van der Waals surface area contributed by atoms with Crippen LogP contribution in [0, 0.1) is 0 Å². The largest absolute Gasteiger partial charge is 0.311 e. The second-order valence-corrected chi connectivity index (χ2v) is 37.7. The number of rotatable bonds is 8. The molecule has 15 aromatic carbocycles. The van der Waals surface area contributed by atoms with Crippen LogP contribution in [0.15, 0.2) is 315 Å². The summed E-state index contributed by atoms with van der Waals surface area (Å²) >= 11 is 0. The monoisotopic (exact) mass is 1520 g/mol. The maximum Gasteiger partial charge on any atom is 0.252 e. The van der Waals surface area contributed by atoms with E-state index in [9.17, 15) is 11.0 Å². The first-order valence-corrected chi connectivity index (χ1v) is 41.2. The van der Waals surface area contributed by atoms with Crippen LogP contribution in [0.5, 0.6) is 0 Å². The molecule has 0 unspecified atom stereocenters. The molecule has 0 amide bonds. The van der Waals surface area contributed by atoms with E-state index in [0.717, 1.165) is 139 Å². The molecule has 0 fully saturated rings. The van der Waals surface area contributed by atoms with E-state index in [0.29, 0.717) is 5.69 Å². The molecule has 570 valence electrons. The number of fused-ring (bicyclic) bond motifs is 16. The zero-order chi connectivity index (χ0) is 87.2. The minimum atomic E-state index is -0.506. The molecule has 4 aromatic heterocycles. The van der Waals surface area contributed by atoms with Gasteiger partial charge in [0.25, 0.3) is 6.71 Å². The first kappa shape index (κ1) is 63.5. The van der Waals surface area contributed by atoms with Crippen LogP contribution in [0.3, 0.4) is 0 Å². The SMILES string of the molecule is [2H]c1c([2H])c([2H])c2c(c1[2H])c1c([2H])c([2H])c([2H])c([2H])c1n2-c1ccc2c(c1)N(c1cccc3c4cccc(-n5c6ccc(C(C)(C)C)cc6c6cc(C(C)(C)C)ccc65)c4n(-c4ccccc4)c13)c1cc(C(C)(C)C)cc3c1B2c1ccc(-n2c4ccc(C(C)(C)C)cc4c4cc(C(C)(C)C)ccc42)cc1N3c1cc(-c2ccccc2)cc(-c2ccccc2)c1. The number of anilines is 6. The van der Waals surface area contributed by atoms with Crippen molar-refractivity contribution in [2.45, 2.75) is 131 Å². The van der Waals surface area contributed by atoms with Crippen molar-refractivity contribution in [3.63, 3.8) is 0 Å². The van der Waals surface area contributed by atoms with E-state index < -0.39 is 48.4 Å². The van der Waals surface area contributed by atoms with Crippen molar-refractivity contribution in [1.82, 2.24) is 18.3 Å². The molecule has 0 spiro atoms. The Kier molecular flexibility index (Phi) is 14.0. The molecular weight excluding hydrogens is 1420 g/mol. The first-order chi connectivity index (χ1) is 59.5. The highest BCUT2D eigenvalue weighted by Crippen LogP contribution is 2.53. The Labute approximate surface area is 698 Å². The Hall–Kier alpha value is -12.8. The van der Waals surface area contributed by atoms with Crippen LogP contribution >= 0.6 is 0 Å². The average Bonchev–Trinajstić information content (AvgIpc) is 1.68. The van der Waals surface area contributed by atoms with Crippen LogP contribution in [-0.4, -0.2) is 25.0 Å². The number of hydrogen-bond donors (Lipinski definition) is 0. The van der Waals surface area contributed by atoms with Crippen LogP contribution in [0.4, 0.5) is 34.1 Å². The van der Waals surface area contributed by atoms with E-state index in [2.05, 4.69) is 388 Å². The third-order valence-corrected chi connectivity index (χ3v) is 25.1. The van der Waals surface area contributed by atoms with Gasteiger partial charge in [-0.15, -0.1) is 0 Å². The predicted octanol–water partition coefficient (Wildman–Crippen LogP) is 28.0. The van der Waals surface area contributed by atoms with Gasteiger partial charge >= 0.3 is 0 Å². The third kappa shape index (κ3) is 11.3. The van der Waals surface area contributed by atoms with E-state index in [-0.39, 0.29) is 55.6 Å². The van der Waals surface area contributed by atoms with Gasteiger partial charge in [0.1, 0.15) is 0 Å². The molecule has 7 heteroatoms. The third-order valence-electron chi connectivity index (χ3n) is 25.1. The van der Waals surface area contributed by atoms with Crippen LogP contribution in [-0.2, 0) is 27.1 Å². The summed E-state index contributed by atoms with van der Waals surface area (Å²) in [6.45, 7) is 33.8. The van der Waals surface area contributed by atoms with E-state index in [1.54, 1.807) is 4.57 Å². The minimum Gasteiger partial charge on any atom is -0.311 e. The van der Waals surface area contributed by atoms with Crippen molar-refractivity contribution in [1.29, 1.82) is 0 Å². The molecule has 0 atom stereocenters. The van der Waals surface area contributed by atoms with Crippen molar-refractivity contribution < 1.29 is 11.0 Å². The number of benzene rings is 15. The van der Waals surface area contributed by atoms with Gasteiger partial charge in [0.05, 0.1) is 66.5 Å². The fraction of sp³-hybridized carbons (Fsp3) is 0.182. The summed E-state index contributed by atoms with van der Waals surface area (Å²) in [6.07, 6.45) is 0. The van der Waals surface area contributed by atoms with Crippen LogP contribution in [0.2, 0.25) is 0 Å². The van der Waals surface area contributed by atoms with Crippen molar-refractivity contribution in [2.75, 3.05) is 9.80 Å². The Morgan fingerprint density at radius 3 is 1.06 bits per heavy atom. The van der Waals surface area contributed by atoms with Crippen LogP contribution in [0.25, 0.3) is 132 Å². The predicted molar refractivity (Wildman–Crippen MR) is 502 cm³/mol. The smallest absolute Gasteiger partial charge is 0.252 e. The van der Waals surface area contributed by atoms with E-state index in [1.807, 2.05) is 6.07 Å². The summed E-state index contributed by atoms with van der Waals surface area (Å²) in [5, 5.41) is 6.78. The van der Waals surface area contributed by atoms with Gasteiger partial charge in [-0.25, -0.2) is 0 Å². The lowest BCUT2D eigenvalue weighted by molar-refractivity contribution is 0.590. The molecule has 0 saturated heterocycles. The normalized spacial score (nSPS) is 14.3. The maximum atomic E-state index is 9.98. The van der Waals surface area contributed by atoms with Gasteiger partial charge in [0.15, 0.2) is 0 Å². The fourth-order valence-electron chi connectivity index (χ4n) is 19.0. The summed E-state index contributed by atoms with van der Waals surface area (Å²) in [6, 6.07) is 95.5. The highest BCUT2D eigenvalue weighted by atomic mass is 15.2. The molecule has 21 rings (SSSR count). The fourth-order valence-corrected chi connectivity index (χ4v) is 19.0. The van der Waals surface area contributed by atoms with Gasteiger partial charge in [0, 0.05) is 88.6 Å². The molecule has 0 bridgehead atoms. The maximum absolute atomic E-state index is 9.98. The van der Waals surface area contributed by atoms with E-state index in [4.69, 9.17) is 0 Å². The molecule has 0 saturated carbocycles. The highest BCUT2D eigenvalue weighted by molar-refractivity contribution is 7.00. The zero-order valence-electron chi connectivity index (χ0n) is 77.2. The molecule has 2 aliphatic heterocycles. The molecule has 19 aromatic rings. The Morgan fingerprint density at radius 2 is 0.615 bits per heavy atom. The number of para-hydroxylation sites is 5. The van der Waals surface area contributed by atoms with Crippen molar-refractivity contribution in [3.05, 3.63) is 343 Å². The lowest BCUT2D eigenvalue weighted by Crippen LogP contribution is -2.61. The molecule has 0 N–H and O–H groups in total. The Balaban J connectivity index is 0.924. The second-order valence-electron chi connectivity index (χ2n) is 37.7. The van der Waals surface area contributed by atoms with Gasteiger partial charge in [-0.2, -0.15) is 0 Å². The zero-order valence-corrected chi connectivity index (χ0v) is 69.2. The molecule has 0 radical (unpaired) electrons. The van der Waals surface area contributed by atoms with Crippen molar-refractivity contribution >= 4 is 144 Å². The second kappa shape index (κ2) is 25.8. The quantitative estimate of drug-likeness (QED) is 0.142. The standard InChI is InChI=1S/C110H97BN6/c1-106(2,3)72-45-53-93-85(60-72)86-61-73(107(4,5)6)46-54-94(86)113(93)78-49-51-89-99(66-78)114(80-58-70(68-31-19-16-20-32-68)57-71(59-80)69-33-21-17-22-34-69)101-64-76(110(13,14)15)65-102-103(101)111(89)90-52-50-79(112-91-41-27-25-37-81(91)82-38-26-28-42-92(82)112)67-100(90)117(102)98-44-30-40-84-83-39-29-43-97(104(83)115(105(84)98)77-35-23-18-24-36-77)116-95-55-47-74(108(7,8)9)62-87(95)88-63-75(109(10,11)12)48-56-96(88)116/h16-67H,1-15H3/i25D,26D,27D,28D,37D,38D,41D,42D. The summed E-state index contributed by atoms with van der Waals surface area (Å²) in [5.74, 6) is 0. The molecule has 6 heterocycles. The van der Waals surface area contributed by atoms with Crippen LogP contribution in [0.1, 0.15) is 143 Å². The van der Waals surface area contributed by atoms with Gasteiger partial charge in [-0.1, -0.05) is 280 Å². The topological polar surface area (TPSA) is 26.2 Å². The molecule has 0 aliphatic carbocycles. The van der Waals surface area contributed by atoms with Gasteiger partial charge < -0.3 is 28.1 Å². The van der Waals surface area contributed by atoms with Crippen molar-refractivity contribution in [2.24, 2.45) is 0 Å². The molecule has 2 aliphatic rings. The summed E-state index contributed by atoms with van der Waals surface area (Å²) in [7, 11) is 0. The lowest BCUT2D eigenvalue weighted by Gasteiger charge is -2.45. The average molecular weight is 1520 g/mol. The number of nitrogens with zero attached hydrogens (tertiary/aromatic N) is 6. The molecule has 117 heavy (non-hydrogen) atoms. The molecular formula is C110H97BN6. The van der Waals surface area contributed by atoms with E-state index >= 15 is 0 Å². The van der Waals surface area contributed by atoms with Gasteiger partial charge in [0.2, 0.25) is 0 Å². The number of hydrogen-bond acceptors (Lipinski definition) is 2. The minimum absolute atomic E-state index is 0.00858. The van der Waals surface area contributed by atoms with Crippen LogP contribution < -0.4 is 26.2 Å². The first-order valence-electron chi connectivity index (χ1n) is 45.2. The lowest BCUT2D eigenvalue weighted by atomic mass is 9.33. The summed E-state index contributed by atoms with van der Waals surface area (Å²) in [5.41, 5.74) is 27.5. The highest BCUT2D eigenvalue weighted by Gasteiger charge is 2.46. The summed E-state index contributed by atoms with van der Waals surface area (Å²) < 4.78 is 85.6. The number of aromatic nitrogens is 4. The van der Waals surface area contributed by atoms with Gasteiger partial charge in [-0.05, 0) is 233 Å².